The Morgan fingerprint density at radius 2 is 2.32 bits per heavy atom. The molecule has 1 aliphatic rings. The van der Waals surface area contributed by atoms with E-state index in [1.165, 1.54) is 0 Å². The van der Waals surface area contributed by atoms with E-state index in [2.05, 4.69) is 12.2 Å². The zero-order valence-corrected chi connectivity index (χ0v) is 11.8. The molecule has 0 saturated heterocycles. The average Bonchev–Trinajstić information content (AvgIpc) is 2.87. The first kappa shape index (κ1) is 14.2. The molecule has 19 heavy (non-hydrogen) atoms. The molecule has 102 valence electrons. The number of carbonyl (C=O) groups is 1. The number of hydrogen-bond donors (Lipinski definition) is 2. The lowest BCUT2D eigenvalue weighted by Gasteiger charge is -2.13. The van der Waals surface area contributed by atoms with Crippen molar-refractivity contribution in [3.63, 3.8) is 0 Å². The number of rotatable bonds is 5. The maximum absolute atomic E-state index is 12.1. The number of benzene rings is 1. The Kier molecular flexibility index (Phi) is 5.05. The van der Waals surface area contributed by atoms with E-state index < -0.39 is 0 Å². The molecule has 0 aliphatic heterocycles. The van der Waals surface area contributed by atoms with Gasteiger partial charge in [-0.1, -0.05) is 25.1 Å². The summed E-state index contributed by atoms with van der Waals surface area (Å²) >= 11 is 1.73. The van der Waals surface area contributed by atoms with Gasteiger partial charge in [-0.15, -0.1) is 11.8 Å². The molecule has 0 radical (unpaired) electrons. The highest BCUT2D eigenvalue weighted by Crippen LogP contribution is 2.20. The lowest BCUT2D eigenvalue weighted by atomic mass is 10.1. The van der Waals surface area contributed by atoms with E-state index in [0.29, 0.717) is 5.56 Å². The SMILES string of the molecule is CCSc1cccc(C(=O)N[C@@H]2C=C[C@H](CO)C2)c1. The molecule has 1 aliphatic carbocycles. The lowest BCUT2D eigenvalue weighted by molar-refractivity contribution is 0.0941. The molecule has 1 aromatic carbocycles. The minimum Gasteiger partial charge on any atom is -0.396 e. The third-order valence-electron chi connectivity index (χ3n) is 3.13. The van der Waals surface area contributed by atoms with E-state index in [4.69, 9.17) is 5.11 Å². The smallest absolute Gasteiger partial charge is 0.251 e. The first-order valence-corrected chi connectivity index (χ1v) is 7.54. The molecule has 0 fully saturated rings. The fraction of sp³-hybridized carbons (Fsp3) is 0.400. The molecule has 1 aromatic rings. The summed E-state index contributed by atoms with van der Waals surface area (Å²) in [4.78, 5) is 13.3. The predicted molar refractivity (Wildman–Crippen MR) is 78.4 cm³/mol. The van der Waals surface area contributed by atoms with E-state index in [9.17, 15) is 4.79 Å². The van der Waals surface area contributed by atoms with Gasteiger partial charge in [0.15, 0.2) is 0 Å². The van der Waals surface area contributed by atoms with Crippen LogP contribution < -0.4 is 5.32 Å². The Hall–Kier alpha value is -1.26. The van der Waals surface area contributed by atoms with Gasteiger partial charge in [-0.3, -0.25) is 4.79 Å². The van der Waals surface area contributed by atoms with Crippen LogP contribution in [0, 0.1) is 5.92 Å². The summed E-state index contributed by atoms with van der Waals surface area (Å²) in [6.45, 7) is 2.24. The van der Waals surface area contributed by atoms with Crippen LogP contribution in [0.5, 0.6) is 0 Å². The first-order valence-electron chi connectivity index (χ1n) is 6.56. The second-order valence-corrected chi connectivity index (χ2v) is 5.94. The van der Waals surface area contributed by atoms with Crippen LogP contribution >= 0.6 is 11.8 Å². The van der Waals surface area contributed by atoms with Gasteiger partial charge in [-0.2, -0.15) is 0 Å². The highest BCUT2D eigenvalue weighted by Gasteiger charge is 2.20. The molecule has 2 atom stereocenters. The molecule has 0 aromatic heterocycles. The minimum absolute atomic E-state index is 0.0344. The van der Waals surface area contributed by atoms with Crippen molar-refractivity contribution < 1.29 is 9.90 Å². The monoisotopic (exact) mass is 277 g/mol. The third kappa shape index (κ3) is 3.85. The van der Waals surface area contributed by atoms with Crippen molar-refractivity contribution in [3.05, 3.63) is 42.0 Å². The second-order valence-electron chi connectivity index (χ2n) is 4.60. The van der Waals surface area contributed by atoms with E-state index in [1.807, 2.05) is 36.4 Å². The number of carbonyl (C=O) groups excluding carboxylic acids is 1. The molecular formula is C15H19NO2S. The number of amides is 1. The molecule has 0 spiro atoms. The summed E-state index contributed by atoms with van der Waals surface area (Å²) in [5, 5.41) is 12.0. The summed E-state index contributed by atoms with van der Waals surface area (Å²) in [6.07, 6.45) is 4.71. The van der Waals surface area contributed by atoms with Crippen molar-refractivity contribution >= 4 is 17.7 Å². The average molecular weight is 277 g/mol. The van der Waals surface area contributed by atoms with Gasteiger partial charge in [0.05, 0.1) is 0 Å². The van der Waals surface area contributed by atoms with E-state index >= 15 is 0 Å². The molecule has 4 heteroatoms. The number of aliphatic hydroxyl groups is 1. The van der Waals surface area contributed by atoms with Crippen LogP contribution in [0.4, 0.5) is 0 Å². The van der Waals surface area contributed by atoms with Gasteiger partial charge in [-0.25, -0.2) is 0 Å². The van der Waals surface area contributed by atoms with Crippen molar-refractivity contribution in [2.75, 3.05) is 12.4 Å². The Labute approximate surface area is 118 Å². The van der Waals surface area contributed by atoms with Gasteiger partial charge in [-0.05, 0) is 30.4 Å². The topological polar surface area (TPSA) is 49.3 Å². The normalized spacial score (nSPS) is 21.6. The van der Waals surface area contributed by atoms with Gasteiger partial charge in [0, 0.05) is 29.0 Å². The van der Waals surface area contributed by atoms with Crippen LogP contribution in [0.25, 0.3) is 0 Å². The van der Waals surface area contributed by atoms with Gasteiger partial charge >= 0.3 is 0 Å². The van der Waals surface area contributed by atoms with Gasteiger partial charge in [0.2, 0.25) is 0 Å². The Morgan fingerprint density at radius 1 is 1.47 bits per heavy atom. The fourth-order valence-electron chi connectivity index (χ4n) is 2.16. The predicted octanol–water partition coefficient (Wildman–Crippen LogP) is 2.47. The maximum Gasteiger partial charge on any atom is 0.251 e. The van der Waals surface area contributed by atoms with Crippen LogP contribution in [0.15, 0.2) is 41.3 Å². The van der Waals surface area contributed by atoms with Crippen LogP contribution in [-0.4, -0.2) is 29.4 Å². The summed E-state index contributed by atoms with van der Waals surface area (Å²) in [5.74, 6) is 1.12. The quantitative estimate of drug-likeness (QED) is 0.642. The standard InChI is InChI=1S/C15H19NO2S/c1-2-19-14-5-3-4-12(9-14)15(18)16-13-7-6-11(8-13)10-17/h3-7,9,11,13,17H,2,8,10H2,1H3,(H,16,18)/t11-,13+/m0/s1. The zero-order valence-electron chi connectivity index (χ0n) is 11.0. The van der Waals surface area contributed by atoms with Gasteiger partial charge in [0.25, 0.3) is 5.91 Å². The second kappa shape index (κ2) is 6.78. The summed E-state index contributed by atoms with van der Waals surface area (Å²) in [6, 6.07) is 7.71. The summed E-state index contributed by atoms with van der Waals surface area (Å²) < 4.78 is 0. The molecule has 0 unspecified atom stereocenters. The van der Waals surface area contributed by atoms with Crippen LogP contribution in [0.1, 0.15) is 23.7 Å². The van der Waals surface area contributed by atoms with E-state index in [0.717, 1.165) is 17.1 Å². The molecule has 0 heterocycles. The zero-order chi connectivity index (χ0) is 13.7. The molecule has 1 amide bonds. The molecule has 2 N–H and O–H groups in total. The molecule has 0 bridgehead atoms. The Balaban J connectivity index is 1.96. The largest absolute Gasteiger partial charge is 0.396 e. The molecular weight excluding hydrogens is 258 g/mol. The van der Waals surface area contributed by atoms with Crippen LogP contribution in [0.2, 0.25) is 0 Å². The first-order chi connectivity index (χ1) is 9.22. The van der Waals surface area contributed by atoms with Crippen LogP contribution in [0.3, 0.4) is 0 Å². The van der Waals surface area contributed by atoms with Crippen molar-refractivity contribution in [2.45, 2.75) is 24.3 Å². The maximum atomic E-state index is 12.1. The lowest BCUT2D eigenvalue weighted by Crippen LogP contribution is -2.32. The van der Waals surface area contributed by atoms with Crippen molar-refractivity contribution in [1.29, 1.82) is 0 Å². The fourth-order valence-corrected chi connectivity index (χ4v) is 2.88. The molecule has 2 rings (SSSR count). The van der Waals surface area contributed by atoms with Crippen molar-refractivity contribution in [1.82, 2.24) is 5.32 Å². The third-order valence-corrected chi connectivity index (χ3v) is 4.01. The minimum atomic E-state index is -0.0493. The number of aliphatic hydroxyl groups excluding tert-OH is 1. The number of hydrogen-bond acceptors (Lipinski definition) is 3. The number of nitrogens with one attached hydrogen (secondary N) is 1. The van der Waals surface area contributed by atoms with E-state index in [-0.39, 0.29) is 24.5 Å². The highest BCUT2D eigenvalue weighted by atomic mass is 32.2. The molecule has 0 saturated carbocycles. The summed E-state index contributed by atoms with van der Waals surface area (Å²) in [7, 11) is 0. The van der Waals surface area contributed by atoms with Crippen molar-refractivity contribution in [3.8, 4) is 0 Å². The Morgan fingerprint density at radius 3 is 3.00 bits per heavy atom. The number of thioether (sulfide) groups is 1. The van der Waals surface area contributed by atoms with Gasteiger partial charge in [0.1, 0.15) is 0 Å². The highest BCUT2D eigenvalue weighted by molar-refractivity contribution is 7.99. The van der Waals surface area contributed by atoms with E-state index in [1.54, 1.807) is 11.8 Å². The Bertz CT molecular complexity index is 473. The van der Waals surface area contributed by atoms with Gasteiger partial charge < -0.3 is 10.4 Å². The van der Waals surface area contributed by atoms with Crippen LogP contribution in [-0.2, 0) is 0 Å². The summed E-state index contributed by atoms with van der Waals surface area (Å²) in [5.41, 5.74) is 0.694. The van der Waals surface area contributed by atoms with Crippen molar-refractivity contribution in [2.24, 2.45) is 5.92 Å². The molecule has 3 nitrogen and oxygen atoms in total.